The van der Waals surface area contributed by atoms with E-state index >= 15 is 0 Å². The summed E-state index contributed by atoms with van der Waals surface area (Å²) >= 11 is 0.911. The first kappa shape index (κ1) is 14.0. The van der Waals surface area contributed by atoms with Crippen LogP contribution >= 0.6 is 11.8 Å². The summed E-state index contributed by atoms with van der Waals surface area (Å²) in [5, 5.41) is 9.18. The van der Waals surface area contributed by atoms with Gasteiger partial charge in [0.2, 0.25) is 0 Å². The Morgan fingerprint density at radius 2 is 2.18 bits per heavy atom. The van der Waals surface area contributed by atoms with Crippen LogP contribution in [0.4, 0.5) is 0 Å². The normalized spacial score (nSPS) is 25.2. The molecule has 0 saturated carbocycles. The lowest BCUT2D eigenvalue weighted by Crippen LogP contribution is -2.46. The lowest BCUT2D eigenvalue weighted by Gasteiger charge is -2.25. The van der Waals surface area contributed by atoms with Gasteiger partial charge in [-0.15, -0.1) is 0 Å². The molecule has 0 aromatic heterocycles. The number of unbranched alkanes of at least 4 members (excludes halogenated alkanes) is 1. The number of carbonyl (C=O) groups excluding carboxylic acids is 2. The second-order valence-electron chi connectivity index (χ2n) is 3.87. The summed E-state index contributed by atoms with van der Waals surface area (Å²) in [6.45, 7) is 1.97. The Morgan fingerprint density at radius 3 is 2.76 bits per heavy atom. The quantitative estimate of drug-likeness (QED) is 0.459. The van der Waals surface area contributed by atoms with Crippen molar-refractivity contribution in [3.63, 3.8) is 0 Å². The number of Topliss-reactive ketones (excluding diaryl/α,β-unsaturated/α-hetero) is 1. The summed E-state index contributed by atoms with van der Waals surface area (Å²) in [7, 11) is 0. The minimum Gasteiger partial charge on any atom is -0.477 e. The standard InChI is InChI=1S/C11H16O5S/c1-2-3-7-17-11(10(14)15)8(12)5-4-6-9(13)16-11/h2-7H2,1H3,(H,14,15). The summed E-state index contributed by atoms with van der Waals surface area (Å²) < 4.78 is 4.89. The number of rotatable bonds is 5. The van der Waals surface area contributed by atoms with E-state index in [-0.39, 0.29) is 12.8 Å². The molecule has 1 rings (SSSR count). The summed E-state index contributed by atoms with van der Waals surface area (Å²) in [4.78, 5) is 32.4. The Kier molecular flexibility index (Phi) is 4.99. The fourth-order valence-electron chi connectivity index (χ4n) is 1.52. The van der Waals surface area contributed by atoms with Crippen molar-refractivity contribution in [2.24, 2.45) is 0 Å². The zero-order valence-electron chi connectivity index (χ0n) is 9.73. The number of carboxylic acids is 1. The zero-order chi connectivity index (χ0) is 12.9. The van der Waals surface area contributed by atoms with Crippen molar-refractivity contribution < 1.29 is 24.2 Å². The number of hydrogen-bond donors (Lipinski definition) is 1. The van der Waals surface area contributed by atoms with Crippen LogP contribution in [0.5, 0.6) is 0 Å². The molecule has 1 heterocycles. The number of hydrogen-bond acceptors (Lipinski definition) is 5. The molecule has 0 aliphatic carbocycles. The van der Waals surface area contributed by atoms with Crippen LogP contribution in [0.1, 0.15) is 39.0 Å². The molecule has 0 aromatic carbocycles. The molecule has 1 unspecified atom stereocenters. The minimum atomic E-state index is -2.01. The molecule has 1 aliphatic rings. The number of ketones is 1. The summed E-state index contributed by atoms with van der Waals surface area (Å²) in [6, 6.07) is 0. The third kappa shape index (κ3) is 3.21. The number of thioether (sulfide) groups is 1. The lowest BCUT2D eigenvalue weighted by atomic mass is 10.1. The summed E-state index contributed by atoms with van der Waals surface area (Å²) in [6.07, 6.45) is 2.22. The molecule has 0 aromatic rings. The Labute approximate surface area is 104 Å². The van der Waals surface area contributed by atoms with Crippen molar-refractivity contribution in [3.8, 4) is 0 Å². The van der Waals surface area contributed by atoms with Gasteiger partial charge in [0, 0.05) is 12.8 Å². The molecular formula is C11H16O5S. The Balaban J connectivity index is 2.88. The molecule has 6 heteroatoms. The maximum Gasteiger partial charge on any atom is 0.367 e. The maximum atomic E-state index is 11.8. The predicted octanol–water partition coefficient (Wildman–Crippen LogP) is 1.60. The van der Waals surface area contributed by atoms with Crippen molar-refractivity contribution in [1.82, 2.24) is 0 Å². The number of carboxylic acid groups (broad SMARTS) is 1. The molecule has 0 radical (unpaired) electrons. The fraction of sp³-hybridized carbons (Fsp3) is 0.727. The molecule has 17 heavy (non-hydrogen) atoms. The molecule has 5 nitrogen and oxygen atoms in total. The van der Waals surface area contributed by atoms with Gasteiger partial charge >= 0.3 is 16.9 Å². The minimum absolute atomic E-state index is 0.0805. The maximum absolute atomic E-state index is 11.8. The van der Waals surface area contributed by atoms with Gasteiger partial charge in [-0.1, -0.05) is 25.1 Å². The van der Waals surface area contributed by atoms with Crippen molar-refractivity contribution in [1.29, 1.82) is 0 Å². The highest BCUT2D eigenvalue weighted by atomic mass is 32.2. The van der Waals surface area contributed by atoms with Crippen molar-refractivity contribution in [2.75, 3.05) is 5.75 Å². The van der Waals surface area contributed by atoms with Crippen LogP contribution in [0.3, 0.4) is 0 Å². The predicted molar refractivity (Wildman–Crippen MR) is 62.7 cm³/mol. The van der Waals surface area contributed by atoms with E-state index in [9.17, 15) is 19.5 Å². The van der Waals surface area contributed by atoms with E-state index in [1.807, 2.05) is 6.92 Å². The highest BCUT2D eigenvalue weighted by Crippen LogP contribution is 2.34. The Morgan fingerprint density at radius 1 is 1.47 bits per heavy atom. The molecule has 0 amide bonds. The second-order valence-corrected chi connectivity index (χ2v) is 5.15. The number of aliphatic carboxylic acids is 1. The first-order chi connectivity index (χ1) is 8.03. The molecule has 96 valence electrons. The average molecular weight is 260 g/mol. The van der Waals surface area contributed by atoms with E-state index in [1.54, 1.807) is 0 Å². The smallest absolute Gasteiger partial charge is 0.367 e. The van der Waals surface area contributed by atoms with Gasteiger partial charge in [0.25, 0.3) is 0 Å². The number of carbonyl (C=O) groups is 3. The highest BCUT2D eigenvalue weighted by molar-refractivity contribution is 8.02. The van der Waals surface area contributed by atoms with Crippen LogP contribution < -0.4 is 0 Å². The lowest BCUT2D eigenvalue weighted by molar-refractivity contribution is -0.170. The van der Waals surface area contributed by atoms with E-state index < -0.39 is 22.7 Å². The van der Waals surface area contributed by atoms with Gasteiger partial charge in [0.05, 0.1) is 0 Å². The fourth-order valence-corrected chi connectivity index (χ4v) is 2.78. The van der Waals surface area contributed by atoms with E-state index in [4.69, 9.17) is 4.74 Å². The van der Waals surface area contributed by atoms with E-state index in [0.29, 0.717) is 12.2 Å². The van der Waals surface area contributed by atoms with Gasteiger partial charge in [-0.2, -0.15) is 0 Å². The molecular weight excluding hydrogens is 244 g/mol. The SMILES string of the molecule is CCCCSC1(C(=O)O)OC(=O)CCCC1=O. The number of ether oxygens (including phenoxy) is 1. The monoisotopic (exact) mass is 260 g/mol. The number of esters is 1. The van der Waals surface area contributed by atoms with Crippen LogP contribution in [-0.4, -0.2) is 33.5 Å². The van der Waals surface area contributed by atoms with Gasteiger partial charge in [0.1, 0.15) is 0 Å². The van der Waals surface area contributed by atoms with E-state index in [2.05, 4.69) is 0 Å². The van der Waals surface area contributed by atoms with Crippen LogP contribution in [0, 0.1) is 0 Å². The van der Waals surface area contributed by atoms with Crippen molar-refractivity contribution in [2.45, 2.75) is 44.0 Å². The first-order valence-corrected chi connectivity index (χ1v) is 6.64. The molecule has 1 fully saturated rings. The molecule has 1 aliphatic heterocycles. The van der Waals surface area contributed by atoms with Crippen molar-refractivity contribution in [3.05, 3.63) is 0 Å². The van der Waals surface area contributed by atoms with Crippen LogP contribution in [0.2, 0.25) is 0 Å². The van der Waals surface area contributed by atoms with Crippen LogP contribution in [0.25, 0.3) is 0 Å². The van der Waals surface area contributed by atoms with Gasteiger partial charge < -0.3 is 9.84 Å². The molecule has 0 spiro atoms. The first-order valence-electron chi connectivity index (χ1n) is 5.65. The third-order valence-corrected chi connectivity index (χ3v) is 3.88. The van der Waals surface area contributed by atoms with Crippen LogP contribution in [-0.2, 0) is 19.1 Å². The molecule has 1 saturated heterocycles. The topological polar surface area (TPSA) is 80.7 Å². The van der Waals surface area contributed by atoms with Gasteiger partial charge in [-0.3, -0.25) is 9.59 Å². The number of cyclic esters (lactones) is 1. The van der Waals surface area contributed by atoms with E-state index in [1.165, 1.54) is 0 Å². The largest absolute Gasteiger partial charge is 0.477 e. The Hall–Kier alpha value is -1.04. The van der Waals surface area contributed by atoms with Gasteiger partial charge in [-0.05, 0) is 18.6 Å². The average Bonchev–Trinajstić information content (AvgIpc) is 2.40. The zero-order valence-corrected chi connectivity index (χ0v) is 10.5. The second kappa shape index (κ2) is 6.05. The van der Waals surface area contributed by atoms with Gasteiger partial charge in [-0.25, -0.2) is 4.79 Å². The molecule has 0 bridgehead atoms. The van der Waals surface area contributed by atoms with Crippen LogP contribution in [0.15, 0.2) is 0 Å². The van der Waals surface area contributed by atoms with E-state index in [0.717, 1.165) is 24.6 Å². The summed E-state index contributed by atoms with van der Waals surface area (Å²) in [5.41, 5.74) is 0. The third-order valence-electron chi connectivity index (χ3n) is 2.49. The van der Waals surface area contributed by atoms with Crippen molar-refractivity contribution >= 4 is 29.5 Å². The molecule has 1 N–H and O–H groups in total. The Bertz CT molecular complexity index is 328. The van der Waals surface area contributed by atoms with Gasteiger partial charge in [0.15, 0.2) is 5.78 Å². The summed E-state index contributed by atoms with van der Waals surface area (Å²) in [5.74, 6) is -2.01. The molecule has 1 atom stereocenters. The highest BCUT2D eigenvalue weighted by Gasteiger charge is 2.51.